The Labute approximate surface area is 176 Å². The summed E-state index contributed by atoms with van der Waals surface area (Å²) in [6.45, 7) is 0. The van der Waals surface area contributed by atoms with Crippen molar-refractivity contribution in [1.29, 1.82) is 0 Å². The topological polar surface area (TPSA) is 31.9 Å². The zero-order valence-electron chi connectivity index (χ0n) is 16.4. The van der Waals surface area contributed by atoms with Crippen molar-refractivity contribution in [2.24, 2.45) is 0 Å². The summed E-state index contributed by atoms with van der Waals surface area (Å²) in [6.07, 6.45) is 1.90. The molecular weight excluding hydrogens is 366 g/mol. The lowest BCUT2D eigenvalue weighted by molar-refractivity contribution is 1.25. The zero-order chi connectivity index (χ0) is 20.2. The van der Waals surface area contributed by atoms with E-state index in [4.69, 9.17) is 4.98 Å². The quantitative estimate of drug-likeness (QED) is 0.345. The monoisotopic (exact) mass is 387 g/mol. The van der Waals surface area contributed by atoms with Gasteiger partial charge in [-0.2, -0.15) is 0 Å². The lowest BCUT2D eigenvalue weighted by Crippen LogP contribution is -2.11. The van der Waals surface area contributed by atoms with E-state index in [-0.39, 0.29) is 0 Å². The van der Waals surface area contributed by atoms with Crippen LogP contribution in [0, 0.1) is 0 Å². The van der Waals surface area contributed by atoms with Crippen LogP contribution < -0.4 is 4.90 Å². The highest BCUT2D eigenvalue weighted by molar-refractivity contribution is 5.86. The maximum Gasteiger partial charge on any atom is 0.139 e. The van der Waals surface area contributed by atoms with Crippen LogP contribution in [0.2, 0.25) is 0 Å². The number of hydrogen-bond donors (Lipinski definition) is 1. The Morgan fingerprint density at radius 3 is 1.73 bits per heavy atom. The molecule has 0 aliphatic carbocycles. The zero-order valence-corrected chi connectivity index (χ0v) is 16.4. The highest BCUT2D eigenvalue weighted by Crippen LogP contribution is 2.39. The third-order valence-corrected chi connectivity index (χ3v) is 5.09. The van der Waals surface area contributed by atoms with E-state index in [1.54, 1.807) is 0 Å². The number of nitrogens with zero attached hydrogens (tertiary/aromatic N) is 2. The van der Waals surface area contributed by atoms with Gasteiger partial charge in [-0.25, -0.2) is 4.98 Å². The van der Waals surface area contributed by atoms with Crippen LogP contribution in [-0.4, -0.2) is 9.97 Å². The summed E-state index contributed by atoms with van der Waals surface area (Å²) < 4.78 is 0. The van der Waals surface area contributed by atoms with E-state index in [1.165, 1.54) is 0 Å². The van der Waals surface area contributed by atoms with Crippen LogP contribution >= 0.6 is 0 Å². The van der Waals surface area contributed by atoms with Crippen LogP contribution in [-0.2, 0) is 0 Å². The van der Waals surface area contributed by atoms with Gasteiger partial charge in [-0.3, -0.25) is 0 Å². The van der Waals surface area contributed by atoms with E-state index < -0.39 is 0 Å². The van der Waals surface area contributed by atoms with Crippen molar-refractivity contribution in [2.45, 2.75) is 0 Å². The molecule has 0 radical (unpaired) electrons. The van der Waals surface area contributed by atoms with Gasteiger partial charge in [-0.1, -0.05) is 78.9 Å². The fourth-order valence-corrected chi connectivity index (χ4v) is 3.67. The molecule has 0 aliphatic heterocycles. The molecule has 5 aromatic rings. The highest BCUT2D eigenvalue weighted by Gasteiger charge is 2.18. The first kappa shape index (κ1) is 18.0. The number of nitrogens with one attached hydrogen (secondary N) is 1. The van der Waals surface area contributed by atoms with Crippen molar-refractivity contribution in [3.8, 4) is 22.6 Å². The molecule has 144 valence electrons. The number of anilines is 3. The number of hydrogen-bond acceptors (Lipinski definition) is 2. The number of imidazole rings is 1. The highest BCUT2D eigenvalue weighted by atomic mass is 15.1. The number of aromatic amines is 1. The number of aromatic nitrogens is 2. The maximum absolute atomic E-state index is 4.71. The fraction of sp³-hybridized carbons (Fsp3) is 0. The Hall–Kier alpha value is -4.11. The lowest BCUT2D eigenvalue weighted by atomic mass is 10.1. The van der Waals surface area contributed by atoms with Gasteiger partial charge < -0.3 is 9.88 Å². The second-order valence-electron chi connectivity index (χ2n) is 7.04. The SMILES string of the molecule is c1ccc(-c2cnc(-c3ccccc3N(c3ccccc3)c3ccccc3)[nH]2)cc1. The minimum Gasteiger partial charge on any atom is -0.338 e. The smallest absolute Gasteiger partial charge is 0.139 e. The molecule has 1 aromatic heterocycles. The van der Waals surface area contributed by atoms with E-state index in [9.17, 15) is 0 Å². The molecule has 1 N–H and O–H groups in total. The first-order valence-corrected chi connectivity index (χ1v) is 10.0. The largest absolute Gasteiger partial charge is 0.338 e. The molecule has 5 rings (SSSR count). The van der Waals surface area contributed by atoms with Gasteiger partial charge >= 0.3 is 0 Å². The second kappa shape index (κ2) is 8.10. The minimum absolute atomic E-state index is 0.848. The molecule has 0 unspecified atom stereocenters. The second-order valence-corrected chi connectivity index (χ2v) is 7.04. The molecule has 3 heteroatoms. The molecule has 3 nitrogen and oxygen atoms in total. The molecule has 0 saturated heterocycles. The van der Waals surface area contributed by atoms with Gasteiger partial charge in [0.2, 0.25) is 0 Å². The third kappa shape index (κ3) is 3.49. The van der Waals surface area contributed by atoms with Crippen LogP contribution in [0.1, 0.15) is 0 Å². The molecule has 0 bridgehead atoms. The molecule has 0 fully saturated rings. The van der Waals surface area contributed by atoms with Gasteiger partial charge in [0.05, 0.1) is 17.6 Å². The molecule has 30 heavy (non-hydrogen) atoms. The Kier molecular flexibility index (Phi) is 4.84. The lowest BCUT2D eigenvalue weighted by Gasteiger charge is -2.27. The summed E-state index contributed by atoms with van der Waals surface area (Å²) in [6, 6.07) is 39.5. The van der Waals surface area contributed by atoms with Crippen LogP contribution in [0.25, 0.3) is 22.6 Å². The average molecular weight is 387 g/mol. The molecule has 0 atom stereocenters. The first-order valence-electron chi connectivity index (χ1n) is 10.0. The molecule has 0 spiro atoms. The van der Waals surface area contributed by atoms with E-state index in [1.807, 2.05) is 36.5 Å². The van der Waals surface area contributed by atoms with Crippen molar-refractivity contribution < 1.29 is 0 Å². The summed E-state index contributed by atoms with van der Waals surface area (Å²) in [5.41, 5.74) is 6.45. The fourth-order valence-electron chi connectivity index (χ4n) is 3.67. The Balaban J connectivity index is 1.64. The molecule has 1 heterocycles. The Bertz CT molecular complexity index is 1190. The standard InChI is InChI=1S/C27H21N3/c1-4-12-21(13-5-1)25-20-28-27(29-25)24-18-10-11-19-26(24)30(22-14-6-2-7-15-22)23-16-8-3-9-17-23/h1-20H,(H,28,29). The number of benzene rings is 4. The first-order chi connectivity index (χ1) is 14.9. The Morgan fingerprint density at radius 1 is 0.567 bits per heavy atom. The van der Waals surface area contributed by atoms with Gasteiger partial charge in [-0.05, 0) is 42.0 Å². The third-order valence-electron chi connectivity index (χ3n) is 5.09. The summed E-state index contributed by atoms with van der Waals surface area (Å²) in [7, 11) is 0. The van der Waals surface area contributed by atoms with Gasteiger partial charge in [0, 0.05) is 16.9 Å². The number of rotatable bonds is 5. The Morgan fingerprint density at radius 2 is 1.10 bits per heavy atom. The van der Waals surface area contributed by atoms with Crippen molar-refractivity contribution in [3.05, 3.63) is 121 Å². The van der Waals surface area contributed by atoms with E-state index in [0.29, 0.717) is 0 Å². The summed E-state index contributed by atoms with van der Waals surface area (Å²) in [5.74, 6) is 0.848. The van der Waals surface area contributed by atoms with Gasteiger partial charge in [0.15, 0.2) is 0 Å². The summed E-state index contributed by atoms with van der Waals surface area (Å²) in [5, 5.41) is 0. The van der Waals surface area contributed by atoms with E-state index in [2.05, 4.69) is 94.8 Å². The number of H-pyrrole nitrogens is 1. The molecular formula is C27H21N3. The van der Waals surface area contributed by atoms with Crippen molar-refractivity contribution in [3.63, 3.8) is 0 Å². The summed E-state index contributed by atoms with van der Waals surface area (Å²) >= 11 is 0. The van der Waals surface area contributed by atoms with Crippen molar-refractivity contribution in [2.75, 3.05) is 4.90 Å². The van der Waals surface area contributed by atoms with Crippen molar-refractivity contribution >= 4 is 17.1 Å². The number of para-hydroxylation sites is 3. The van der Waals surface area contributed by atoms with E-state index in [0.717, 1.165) is 39.7 Å². The van der Waals surface area contributed by atoms with Gasteiger partial charge in [-0.15, -0.1) is 0 Å². The van der Waals surface area contributed by atoms with Gasteiger partial charge in [0.1, 0.15) is 5.82 Å². The van der Waals surface area contributed by atoms with Crippen LogP contribution in [0.4, 0.5) is 17.1 Å². The molecule has 0 aliphatic rings. The summed E-state index contributed by atoms with van der Waals surface area (Å²) in [4.78, 5) is 10.5. The van der Waals surface area contributed by atoms with Crippen LogP contribution in [0.5, 0.6) is 0 Å². The molecule has 4 aromatic carbocycles. The maximum atomic E-state index is 4.71. The molecule has 0 saturated carbocycles. The van der Waals surface area contributed by atoms with Crippen molar-refractivity contribution in [1.82, 2.24) is 9.97 Å². The van der Waals surface area contributed by atoms with Gasteiger partial charge in [0.25, 0.3) is 0 Å². The molecule has 0 amide bonds. The van der Waals surface area contributed by atoms with E-state index >= 15 is 0 Å². The average Bonchev–Trinajstić information content (AvgIpc) is 3.32. The van der Waals surface area contributed by atoms with Crippen LogP contribution in [0.15, 0.2) is 121 Å². The van der Waals surface area contributed by atoms with Crippen LogP contribution in [0.3, 0.4) is 0 Å². The predicted octanol–water partition coefficient (Wildman–Crippen LogP) is 7.21. The normalized spacial score (nSPS) is 10.7. The minimum atomic E-state index is 0.848. The predicted molar refractivity (Wildman–Crippen MR) is 124 cm³/mol.